The molecule has 2 aromatic rings. The van der Waals surface area contributed by atoms with Crippen LogP contribution in [0.4, 0.5) is 30.6 Å². The Morgan fingerprint density at radius 1 is 1.15 bits per heavy atom. The summed E-state index contributed by atoms with van der Waals surface area (Å²) in [6.45, 7) is 6.61. The molecule has 0 atom stereocenters. The molecule has 1 aliphatic heterocycles. The molecule has 0 amide bonds. The molecule has 140 valence electrons. The second kappa shape index (κ2) is 7.67. The predicted octanol–water partition coefficient (Wildman–Crippen LogP) is 4.03. The van der Waals surface area contributed by atoms with E-state index in [1.165, 1.54) is 12.1 Å². The summed E-state index contributed by atoms with van der Waals surface area (Å²) in [6.07, 6.45) is -2.98. The van der Waals surface area contributed by atoms with Gasteiger partial charge in [-0.25, -0.2) is 4.98 Å². The molecule has 0 radical (unpaired) electrons. The molecule has 1 fully saturated rings. The van der Waals surface area contributed by atoms with Crippen molar-refractivity contribution >= 4 is 29.1 Å². The van der Waals surface area contributed by atoms with Crippen LogP contribution in [0.1, 0.15) is 12.5 Å². The van der Waals surface area contributed by atoms with E-state index in [2.05, 4.69) is 32.0 Å². The fourth-order valence-electron chi connectivity index (χ4n) is 2.86. The van der Waals surface area contributed by atoms with Gasteiger partial charge in [0.15, 0.2) is 0 Å². The number of nitrogens with zero attached hydrogens (tertiary/aromatic N) is 4. The fourth-order valence-corrected chi connectivity index (χ4v) is 3.03. The highest BCUT2D eigenvalue weighted by Crippen LogP contribution is 2.37. The second-order valence-electron chi connectivity index (χ2n) is 5.97. The van der Waals surface area contributed by atoms with Crippen molar-refractivity contribution < 1.29 is 13.2 Å². The molecular formula is C17H19ClF3N5. The highest BCUT2D eigenvalue weighted by Gasteiger charge is 2.34. The smallest absolute Gasteiger partial charge is 0.354 e. The van der Waals surface area contributed by atoms with Crippen LogP contribution in [0.15, 0.2) is 30.5 Å². The highest BCUT2D eigenvalue weighted by atomic mass is 35.5. The van der Waals surface area contributed by atoms with E-state index in [9.17, 15) is 13.2 Å². The van der Waals surface area contributed by atoms with Crippen LogP contribution in [-0.4, -0.2) is 47.6 Å². The third kappa shape index (κ3) is 4.37. The Labute approximate surface area is 154 Å². The Kier molecular flexibility index (Phi) is 5.52. The first kappa shape index (κ1) is 18.7. The van der Waals surface area contributed by atoms with Gasteiger partial charge in [0.2, 0.25) is 5.95 Å². The summed E-state index contributed by atoms with van der Waals surface area (Å²) < 4.78 is 39.7. The monoisotopic (exact) mass is 385 g/mol. The molecule has 1 aliphatic rings. The van der Waals surface area contributed by atoms with Crippen molar-refractivity contribution in [1.82, 2.24) is 14.9 Å². The zero-order valence-corrected chi connectivity index (χ0v) is 15.0. The highest BCUT2D eigenvalue weighted by molar-refractivity contribution is 6.30. The quantitative estimate of drug-likeness (QED) is 0.860. The lowest BCUT2D eigenvalue weighted by Crippen LogP contribution is -2.46. The van der Waals surface area contributed by atoms with E-state index >= 15 is 0 Å². The maximum atomic E-state index is 13.2. The summed E-state index contributed by atoms with van der Waals surface area (Å²) in [7, 11) is 0. The number of alkyl halides is 3. The number of halogens is 4. The maximum Gasteiger partial charge on any atom is 0.418 e. The van der Waals surface area contributed by atoms with Crippen LogP contribution in [-0.2, 0) is 6.18 Å². The average molecular weight is 386 g/mol. The third-order valence-electron chi connectivity index (χ3n) is 4.32. The zero-order chi connectivity index (χ0) is 18.7. The molecule has 0 unspecified atom stereocenters. The summed E-state index contributed by atoms with van der Waals surface area (Å²) in [6, 6.07) is 5.32. The number of anilines is 3. The summed E-state index contributed by atoms with van der Waals surface area (Å²) in [5.74, 6) is 0.814. The number of piperazine rings is 1. The van der Waals surface area contributed by atoms with Crippen molar-refractivity contribution in [3.63, 3.8) is 0 Å². The summed E-state index contributed by atoms with van der Waals surface area (Å²) in [5.41, 5.74) is -0.981. The maximum absolute atomic E-state index is 13.2. The molecule has 1 saturated heterocycles. The van der Waals surface area contributed by atoms with Crippen molar-refractivity contribution in [2.45, 2.75) is 13.1 Å². The minimum absolute atomic E-state index is 0.0198. The van der Waals surface area contributed by atoms with E-state index in [1.807, 2.05) is 0 Å². The van der Waals surface area contributed by atoms with Gasteiger partial charge in [-0.05, 0) is 30.8 Å². The number of aromatic nitrogens is 2. The van der Waals surface area contributed by atoms with Crippen LogP contribution in [0, 0.1) is 0 Å². The minimum Gasteiger partial charge on any atom is -0.354 e. The van der Waals surface area contributed by atoms with Gasteiger partial charge >= 0.3 is 6.18 Å². The third-order valence-corrected chi connectivity index (χ3v) is 4.55. The van der Waals surface area contributed by atoms with Gasteiger partial charge < -0.3 is 15.1 Å². The predicted molar refractivity (Wildman–Crippen MR) is 96.1 cm³/mol. The van der Waals surface area contributed by atoms with Gasteiger partial charge in [-0.1, -0.05) is 18.5 Å². The Balaban J connectivity index is 1.80. The molecule has 0 aliphatic carbocycles. The Morgan fingerprint density at radius 2 is 1.88 bits per heavy atom. The zero-order valence-electron chi connectivity index (χ0n) is 14.2. The van der Waals surface area contributed by atoms with Crippen molar-refractivity contribution in [2.24, 2.45) is 0 Å². The lowest BCUT2D eigenvalue weighted by molar-refractivity contribution is -0.136. The first-order valence-electron chi connectivity index (χ1n) is 8.31. The van der Waals surface area contributed by atoms with Gasteiger partial charge in [-0.2, -0.15) is 18.2 Å². The molecule has 1 aromatic heterocycles. The Hall–Kier alpha value is -2.06. The lowest BCUT2D eigenvalue weighted by Gasteiger charge is -2.34. The van der Waals surface area contributed by atoms with Gasteiger partial charge in [0, 0.05) is 37.4 Å². The molecule has 1 aromatic carbocycles. The number of hydrogen-bond acceptors (Lipinski definition) is 5. The molecule has 3 rings (SSSR count). The summed E-state index contributed by atoms with van der Waals surface area (Å²) in [5, 5.41) is 2.69. The Morgan fingerprint density at radius 3 is 2.54 bits per heavy atom. The normalized spacial score (nSPS) is 16.0. The van der Waals surface area contributed by atoms with Crippen LogP contribution >= 0.6 is 11.6 Å². The van der Waals surface area contributed by atoms with E-state index in [0.717, 1.165) is 38.8 Å². The molecular weight excluding hydrogens is 367 g/mol. The van der Waals surface area contributed by atoms with E-state index in [-0.39, 0.29) is 16.7 Å². The van der Waals surface area contributed by atoms with Crippen LogP contribution in [0.3, 0.4) is 0 Å². The van der Waals surface area contributed by atoms with E-state index in [1.54, 1.807) is 12.3 Å². The summed E-state index contributed by atoms with van der Waals surface area (Å²) >= 11 is 5.71. The largest absolute Gasteiger partial charge is 0.418 e. The SMILES string of the molecule is CCN1CCN(c2ccnc(Nc3ccc(Cl)cc3C(F)(F)F)n2)CC1. The van der Waals surface area contributed by atoms with Crippen LogP contribution in [0.2, 0.25) is 5.02 Å². The number of nitrogens with one attached hydrogen (secondary N) is 1. The molecule has 0 bridgehead atoms. The molecule has 0 saturated carbocycles. The minimum atomic E-state index is -4.53. The van der Waals surface area contributed by atoms with Gasteiger partial charge in [0.1, 0.15) is 5.82 Å². The first-order valence-corrected chi connectivity index (χ1v) is 8.68. The first-order chi connectivity index (χ1) is 12.4. The van der Waals surface area contributed by atoms with Crippen molar-refractivity contribution in [3.8, 4) is 0 Å². The van der Waals surface area contributed by atoms with Gasteiger partial charge in [-0.3, -0.25) is 0 Å². The van der Waals surface area contributed by atoms with E-state index < -0.39 is 11.7 Å². The Bertz CT molecular complexity index is 760. The van der Waals surface area contributed by atoms with Gasteiger partial charge in [0.25, 0.3) is 0 Å². The van der Waals surface area contributed by atoms with Crippen LogP contribution in [0.25, 0.3) is 0 Å². The lowest BCUT2D eigenvalue weighted by atomic mass is 10.1. The number of benzene rings is 1. The topological polar surface area (TPSA) is 44.3 Å². The van der Waals surface area contributed by atoms with Crippen molar-refractivity contribution in [1.29, 1.82) is 0 Å². The molecule has 1 N–H and O–H groups in total. The number of hydrogen-bond donors (Lipinski definition) is 1. The average Bonchev–Trinajstić information content (AvgIpc) is 2.63. The molecule has 2 heterocycles. The molecule has 26 heavy (non-hydrogen) atoms. The molecule has 5 nitrogen and oxygen atoms in total. The van der Waals surface area contributed by atoms with Crippen molar-refractivity contribution in [2.75, 3.05) is 42.9 Å². The fraction of sp³-hybridized carbons (Fsp3) is 0.412. The van der Waals surface area contributed by atoms with Crippen LogP contribution in [0.5, 0.6) is 0 Å². The van der Waals surface area contributed by atoms with E-state index in [0.29, 0.717) is 5.82 Å². The van der Waals surface area contributed by atoms with Gasteiger partial charge in [-0.15, -0.1) is 0 Å². The second-order valence-corrected chi connectivity index (χ2v) is 6.41. The number of rotatable bonds is 4. The standard InChI is InChI=1S/C17H19ClF3N5/c1-2-25-7-9-26(10-8-25)15-5-6-22-16(24-15)23-14-4-3-12(18)11-13(14)17(19,20)21/h3-6,11H,2,7-10H2,1H3,(H,22,23,24). The summed E-state index contributed by atoms with van der Waals surface area (Å²) in [4.78, 5) is 12.9. The number of likely N-dealkylation sites (N-methyl/N-ethyl adjacent to an activating group) is 1. The van der Waals surface area contributed by atoms with E-state index in [4.69, 9.17) is 11.6 Å². The van der Waals surface area contributed by atoms with Crippen molar-refractivity contribution in [3.05, 3.63) is 41.0 Å². The van der Waals surface area contributed by atoms with Gasteiger partial charge in [0.05, 0.1) is 11.3 Å². The molecule has 0 spiro atoms. The van der Waals surface area contributed by atoms with Crippen LogP contribution < -0.4 is 10.2 Å². The molecule has 9 heteroatoms.